The quantitative estimate of drug-likeness (QED) is 0.322. The van der Waals surface area contributed by atoms with Crippen molar-refractivity contribution in [3.63, 3.8) is 0 Å². The van der Waals surface area contributed by atoms with Crippen LogP contribution >= 0.6 is 0 Å². The molecule has 0 radical (unpaired) electrons. The molecule has 0 aromatic heterocycles. The van der Waals surface area contributed by atoms with E-state index in [-0.39, 0.29) is 35.4 Å². The first kappa shape index (κ1) is 29.2. The van der Waals surface area contributed by atoms with E-state index in [2.05, 4.69) is 26.0 Å². The second-order valence-electron chi connectivity index (χ2n) is 10.9. The van der Waals surface area contributed by atoms with Crippen LogP contribution in [-0.4, -0.2) is 69.8 Å². The Morgan fingerprint density at radius 3 is 2.52 bits per heavy atom. The third-order valence-electron chi connectivity index (χ3n) is 6.84. The molecule has 40 heavy (non-hydrogen) atoms. The maximum absolute atomic E-state index is 13.5. The summed E-state index contributed by atoms with van der Waals surface area (Å²) >= 11 is 0. The summed E-state index contributed by atoms with van der Waals surface area (Å²) in [5.74, 6) is 0.452. The summed E-state index contributed by atoms with van der Waals surface area (Å²) in [4.78, 5) is 19.8. The fourth-order valence-corrected chi connectivity index (χ4v) is 5.11. The highest BCUT2D eigenvalue weighted by atomic mass is 32.2. The number of sulfonamides is 1. The average molecular weight is 572 g/mol. The van der Waals surface area contributed by atoms with E-state index in [1.165, 1.54) is 7.11 Å². The molecule has 2 aliphatic heterocycles. The highest BCUT2D eigenvalue weighted by molar-refractivity contribution is 7.92. The molecule has 0 aliphatic carbocycles. The minimum absolute atomic E-state index is 0.0521. The number of carbonyl (C=O) groups is 1. The molecule has 1 unspecified atom stereocenters. The Morgan fingerprint density at radius 2 is 1.93 bits per heavy atom. The number of ether oxygens (including phenoxy) is 1. The normalized spacial score (nSPS) is 17.4. The van der Waals surface area contributed by atoms with Crippen molar-refractivity contribution >= 4 is 38.8 Å². The zero-order valence-corrected chi connectivity index (χ0v) is 24.6. The van der Waals surface area contributed by atoms with Gasteiger partial charge in [0.15, 0.2) is 5.75 Å². The van der Waals surface area contributed by atoms with Crippen LogP contribution in [0.3, 0.4) is 0 Å². The van der Waals surface area contributed by atoms with E-state index >= 15 is 0 Å². The molecule has 2 aromatic rings. The van der Waals surface area contributed by atoms with Gasteiger partial charge in [-0.3, -0.25) is 19.5 Å². The number of aryl methyl sites for hydroxylation is 1. The summed E-state index contributed by atoms with van der Waals surface area (Å²) in [7, 11) is -0.292. The topological polar surface area (TPSA) is 148 Å². The van der Waals surface area contributed by atoms with Gasteiger partial charge in [-0.25, -0.2) is 8.42 Å². The largest absolute Gasteiger partial charge is 0.492 e. The van der Waals surface area contributed by atoms with Crippen LogP contribution in [0.4, 0.5) is 17.1 Å². The van der Waals surface area contributed by atoms with Gasteiger partial charge in [0.1, 0.15) is 12.4 Å². The zero-order chi connectivity index (χ0) is 29.4. The van der Waals surface area contributed by atoms with Gasteiger partial charge in [-0.1, -0.05) is 26.8 Å². The van der Waals surface area contributed by atoms with Gasteiger partial charge in [0, 0.05) is 18.8 Å². The van der Waals surface area contributed by atoms with E-state index in [4.69, 9.17) is 4.74 Å². The summed E-state index contributed by atoms with van der Waals surface area (Å²) in [6.07, 6.45) is 2.96. The number of hydrogen-bond donors (Lipinski definition) is 5. The fraction of sp³-hybridized carbons (Fsp3) is 0.407. The monoisotopic (exact) mass is 571 g/mol. The highest BCUT2D eigenvalue weighted by Gasteiger charge is 2.31. The summed E-state index contributed by atoms with van der Waals surface area (Å²) in [6.45, 7) is 8.33. The van der Waals surface area contributed by atoms with Gasteiger partial charge in [-0.05, 0) is 47.7 Å². The number of amides is 1. The van der Waals surface area contributed by atoms with Crippen molar-refractivity contribution in [1.29, 1.82) is 0 Å². The standard InChI is InChI=1S/C27H37N7O5S/c1-16-8-9-17(10-22(16)34-14-21(30-32-34)23-13-28-24(15-35)33(23)5)26(36)29-19-11-18(27(2,3)4)12-20(25(19)39-6)31-40(7,37)38/h8-12,14,23,30-32,35H,13,15H2,1-7H3,(H,29,36). The molecule has 1 amide bonds. The average Bonchev–Trinajstić information content (AvgIpc) is 3.49. The molecule has 2 aliphatic rings. The first-order valence-corrected chi connectivity index (χ1v) is 14.6. The number of rotatable bonds is 8. The van der Waals surface area contributed by atoms with E-state index in [9.17, 15) is 18.3 Å². The molecule has 4 rings (SSSR count). The van der Waals surface area contributed by atoms with Crippen LogP contribution in [0.15, 0.2) is 47.2 Å². The number of nitrogens with one attached hydrogen (secondary N) is 4. The maximum Gasteiger partial charge on any atom is 0.255 e. The molecule has 1 atom stereocenters. The zero-order valence-electron chi connectivity index (χ0n) is 23.8. The van der Waals surface area contributed by atoms with Gasteiger partial charge in [-0.15, -0.1) is 5.53 Å². The lowest BCUT2D eigenvalue weighted by molar-refractivity contribution is 0.102. The van der Waals surface area contributed by atoms with Gasteiger partial charge in [0.2, 0.25) is 10.0 Å². The van der Waals surface area contributed by atoms with E-state index in [1.807, 2.05) is 51.9 Å². The molecule has 12 nitrogen and oxygen atoms in total. The number of aliphatic imine (C=N–C) groups is 1. The first-order chi connectivity index (χ1) is 18.7. The van der Waals surface area contributed by atoms with Crippen molar-refractivity contribution < 1.29 is 23.1 Å². The minimum Gasteiger partial charge on any atom is -0.492 e. The molecule has 0 bridgehead atoms. The number of hydrogen-bond acceptors (Lipinski definition) is 10. The smallest absolute Gasteiger partial charge is 0.255 e. The van der Waals surface area contributed by atoms with Gasteiger partial charge in [-0.2, -0.15) is 0 Å². The molecular formula is C27H37N7O5S. The Hall–Kier alpha value is -3.81. The third-order valence-corrected chi connectivity index (χ3v) is 7.43. The summed E-state index contributed by atoms with van der Waals surface area (Å²) in [6, 6.07) is 8.80. The van der Waals surface area contributed by atoms with E-state index < -0.39 is 10.0 Å². The number of anilines is 3. The second kappa shape index (κ2) is 11.0. The molecular weight excluding hydrogens is 534 g/mol. The Kier molecular flexibility index (Phi) is 8.01. The van der Waals surface area contributed by atoms with Gasteiger partial charge < -0.3 is 25.5 Å². The van der Waals surface area contributed by atoms with Crippen LogP contribution in [0, 0.1) is 6.92 Å². The van der Waals surface area contributed by atoms with E-state index in [0.29, 0.717) is 23.6 Å². The Balaban J connectivity index is 1.63. The first-order valence-electron chi connectivity index (χ1n) is 12.7. The van der Waals surface area contributed by atoms with Crippen LogP contribution in [0.25, 0.3) is 0 Å². The fourth-order valence-electron chi connectivity index (χ4n) is 4.56. The van der Waals surface area contributed by atoms with Gasteiger partial charge in [0.25, 0.3) is 5.91 Å². The number of carbonyl (C=O) groups excluding carboxylic acids is 1. The number of benzene rings is 2. The van der Waals surface area contributed by atoms with E-state index in [0.717, 1.165) is 28.8 Å². The van der Waals surface area contributed by atoms with Crippen LogP contribution < -0.4 is 30.7 Å². The lowest BCUT2D eigenvalue weighted by Gasteiger charge is -2.24. The predicted molar refractivity (Wildman–Crippen MR) is 157 cm³/mol. The minimum atomic E-state index is -3.60. The number of likely N-dealkylation sites (N-methyl/N-ethyl adjacent to an activating group) is 1. The van der Waals surface area contributed by atoms with Crippen molar-refractivity contribution in [3.8, 4) is 5.75 Å². The van der Waals surface area contributed by atoms with Crippen LogP contribution in [-0.2, 0) is 15.4 Å². The lowest BCUT2D eigenvalue weighted by Crippen LogP contribution is -2.42. The molecule has 0 saturated heterocycles. The molecule has 2 aromatic carbocycles. The second-order valence-corrected chi connectivity index (χ2v) is 12.7. The summed E-state index contributed by atoms with van der Waals surface area (Å²) in [5, 5.41) is 14.2. The molecule has 0 spiro atoms. The summed E-state index contributed by atoms with van der Waals surface area (Å²) in [5.41, 5.74) is 10.3. The molecule has 13 heteroatoms. The molecule has 0 saturated carbocycles. The van der Waals surface area contributed by atoms with Crippen LogP contribution in [0.5, 0.6) is 5.75 Å². The number of aliphatic hydroxyl groups is 1. The van der Waals surface area contributed by atoms with Crippen LogP contribution in [0.1, 0.15) is 42.3 Å². The van der Waals surface area contributed by atoms with Crippen molar-refractivity contribution in [3.05, 3.63) is 58.9 Å². The Labute approximate surface area is 235 Å². The van der Waals surface area contributed by atoms with E-state index in [1.54, 1.807) is 29.3 Å². The number of methoxy groups -OCH3 is 1. The third kappa shape index (κ3) is 6.16. The van der Waals surface area contributed by atoms with Crippen molar-refractivity contribution in [1.82, 2.24) is 15.9 Å². The lowest BCUT2D eigenvalue weighted by atomic mass is 9.86. The Bertz CT molecular complexity index is 1480. The van der Waals surface area contributed by atoms with Gasteiger partial charge >= 0.3 is 0 Å². The van der Waals surface area contributed by atoms with Crippen molar-refractivity contribution in [2.24, 2.45) is 4.99 Å². The SMILES string of the molecule is COc1c(NC(=O)c2ccc(C)c(N3C=C(C4CN=C(CO)N4C)NN3)c2)cc(C(C)(C)C)cc1NS(C)(=O)=O. The maximum atomic E-state index is 13.5. The predicted octanol–water partition coefficient (Wildman–Crippen LogP) is 2.30. The molecule has 5 N–H and O–H groups in total. The number of aliphatic hydroxyl groups excluding tert-OH is 1. The molecule has 0 fully saturated rings. The highest BCUT2D eigenvalue weighted by Crippen LogP contribution is 2.39. The number of hydrazine groups is 2. The van der Waals surface area contributed by atoms with Gasteiger partial charge in [0.05, 0.1) is 48.7 Å². The molecule has 2 heterocycles. The Morgan fingerprint density at radius 1 is 1.23 bits per heavy atom. The summed E-state index contributed by atoms with van der Waals surface area (Å²) < 4.78 is 32.1. The number of amidine groups is 1. The van der Waals surface area contributed by atoms with Crippen LogP contribution in [0.2, 0.25) is 0 Å². The van der Waals surface area contributed by atoms with Crippen molar-refractivity contribution in [2.75, 3.05) is 48.6 Å². The van der Waals surface area contributed by atoms with Crippen molar-refractivity contribution in [2.45, 2.75) is 39.2 Å². The molecule has 216 valence electrons. The number of nitrogens with zero attached hydrogens (tertiary/aromatic N) is 3.